The molecule has 0 bridgehead atoms. The van der Waals surface area contributed by atoms with Crippen molar-refractivity contribution in [3.63, 3.8) is 0 Å². The monoisotopic (exact) mass is 377 g/mol. The van der Waals surface area contributed by atoms with Crippen molar-refractivity contribution in [3.05, 3.63) is 72.6 Å². The number of benzene rings is 2. The summed E-state index contributed by atoms with van der Waals surface area (Å²) >= 11 is 0. The number of nitrogens with one attached hydrogen (secondary N) is 1. The van der Waals surface area contributed by atoms with Gasteiger partial charge in [0.25, 0.3) is 5.91 Å². The topological polar surface area (TPSA) is 65.4 Å². The molecular weight excluding hydrogens is 354 g/mol. The van der Waals surface area contributed by atoms with Crippen LogP contribution in [0.1, 0.15) is 23.2 Å². The van der Waals surface area contributed by atoms with Gasteiger partial charge < -0.3 is 14.8 Å². The average molecular weight is 377 g/mol. The Morgan fingerprint density at radius 1 is 1.07 bits per heavy atom. The van der Waals surface area contributed by atoms with E-state index in [0.717, 1.165) is 12.4 Å². The van der Waals surface area contributed by atoms with Crippen molar-refractivity contribution in [2.75, 3.05) is 18.5 Å². The van der Waals surface area contributed by atoms with Gasteiger partial charge in [0.15, 0.2) is 0 Å². The second kappa shape index (κ2) is 8.61. The summed E-state index contributed by atoms with van der Waals surface area (Å²) < 4.78 is 13.3. The number of amides is 1. The fourth-order valence-corrected chi connectivity index (χ4v) is 2.76. The van der Waals surface area contributed by atoms with E-state index in [1.54, 1.807) is 18.3 Å². The summed E-state index contributed by atoms with van der Waals surface area (Å²) in [4.78, 5) is 12.5. The van der Waals surface area contributed by atoms with E-state index >= 15 is 0 Å². The molecule has 0 aliphatic heterocycles. The third-order valence-corrected chi connectivity index (χ3v) is 4.54. The molecule has 6 nitrogen and oxygen atoms in total. The Kier molecular flexibility index (Phi) is 5.56. The molecule has 1 N–H and O–H groups in total. The molecule has 28 heavy (non-hydrogen) atoms. The number of carbonyl (C=O) groups excluding carboxylic acids is 1. The number of aromatic nitrogens is 2. The van der Waals surface area contributed by atoms with Crippen LogP contribution < -0.4 is 14.8 Å². The molecule has 144 valence electrons. The van der Waals surface area contributed by atoms with E-state index < -0.39 is 0 Å². The molecule has 1 aliphatic rings. The van der Waals surface area contributed by atoms with Crippen LogP contribution in [0.25, 0.3) is 0 Å². The van der Waals surface area contributed by atoms with Crippen molar-refractivity contribution in [2.24, 2.45) is 5.92 Å². The fraction of sp³-hybridized carbons (Fsp3) is 0.273. The molecule has 4 rings (SSSR count). The van der Waals surface area contributed by atoms with Gasteiger partial charge in [0.1, 0.15) is 18.1 Å². The highest BCUT2D eigenvalue weighted by Gasteiger charge is 2.21. The SMILES string of the molecule is O=C(Nc1cccc(OCCn2cccn2)c1)c1ccc(OCC2CC2)cc1. The van der Waals surface area contributed by atoms with Gasteiger partial charge in [-0.15, -0.1) is 0 Å². The minimum absolute atomic E-state index is 0.164. The zero-order chi connectivity index (χ0) is 19.2. The van der Waals surface area contributed by atoms with Gasteiger partial charge in [-0.3, -0.25) is 9.48 Å². The van der Waals surface area contributed by atoms with E-state index in [1.165, 1.54) is 12.8 Å². The molecule has 1 aromatic heterocycles. The molecule has 0 radical (unpaired) electrons. The summed E-state index contributed by atoms with van der Waals surface area (Å²) in [6, 6.07) is 16.5. The normalized spacial score (nSPS) is 13.1. The number of anilines is 1. The maximum absolute atomic E-state index is 12.5. The molecule has 6 heteroatoms. The van der Waals surface area contributed by atoms with Gasteiger partial charge in [0.2, 0.25) is 0 Å². The van der Waals surface area contributed by atoms with Crippen LogP contribution in [0.4, 0.5) is 5.69 Å². The molecule has 1 heterocycles. The summed E-state index contributed by atoms with van der Waals surface area (Å²) in [5, 5.41) is 7.04. The Morgan fingerprint density at radius 3 is 2.68 bits per heavy atom. The molecule has 0 spiro atoms. The van der Waals surface area contributed by atoms with Crippen LogP contribution >= 0.6 is 0 Å². The molecule has 1 fully saturated rings. The van der Waals surface area contributed by atoms with Crippen LogP contribution in [0.2, 0.25) is 0 Å². The van der Waals surface area contributed by atoms with Crippen LogP contribution in [0.15, 0.2) is 67.0 Å². The maximum Gasteiger partial charge on any atom is 0.255 e. The highest BCUT2D eigenvalue weighted by atomic mass is 16.5. The largest absolute Gasteiger partial charge is 0.493 e. The number of nitrogens with zero attached hydrogens (tertiary/aromatic N) is 2. The van der Waals surface area contributed by atoms with Gasteiger partial charge >= 0.3 is 0 Å². The number of rotatable bonds is 9. The number of ether oxygens (including phenoxy) is 2. The number of hydrogen-bond donors (Lipinski definition) is 1. The second-order valence-electron chi connectivity index (χ2n) is 6.88. The summed E-state index contributed by atoms with van der Waals surface area (Å²) in [7, 11) is 0. The Bertz CT molecular complexity index is 903. The van der Waals surface area contributed by atoms with Crippen LogP contribution in [0.5, 0.6) is 11.5 Å². The molecule has 0 unspecified atom stereocenters. The van der Waals surface area contributed by atoms with Crippen LogP contribution in [-0.4, -0.2) is 28.9 Å². The smallest absolute Gasteiger partial charge is 0.255 e. The second-order valence-corrected chi connectivity index (χ2v) is 6.88. The lowest BCUT2D eigenvalue weighted by atomic mass is 10.2. The van der Waals surface area contributed by atoms with E-state index in [9.17, 15) is 4.79 Å². The predicted octanol–water partition coefficient (Wildman–Crippen LogP) is 4.00. The van der Waals surface area contributed by atoms with E-state index in [1.807, 2.05) is 53.3 Å². The molecule has 1 saturated carbocycles. The molecule has 1 aliphatic carbocycles. The van der Waals surface area contributed by atoms with Crippen molar-refractivity contribution in [1.82, 2.24) is 9.78 Å². The predicted molar refractivity (Wildman–Crippen MR) is 107 cm³/mol. The lowest BCUT2D eigenvalue weighted by Crippen LogP contribution is -2.12. The Hall–Kier alpha value is -3.28. The van der Waals surface area contributed by atoms with Crippen molar-refractivity contribution in [3.8, 4) is 11.5 Å². The first-order valence-electron chi connectivity index (χ1n) is 9.51. The van der Waals surface area contributed by atoms with Gasteiger partial charge in [-0.05, 0) is 61.2 Å². The molecular formula is C22H23N3O3. The van der Waals surface area contributed by atoms with E-state index in [-0.39, 0.29) is 5.91 Å². The third-order valence-electron chi connectivity index (χ3n) is 4.54. The highest BCUT2D eigenvalue weighted by Crippen LogP contribution is 2.29. The molecule has 0 atom stereocenters. The highest BCUT2D eigenvalue weighted by molar-refractivity contribution is 6.04. The van der Waals surface area contributed by atoms with Crippen molar-refractivity contribution in [1.29, 1.82) is 0 Å². The number of carbonyl (C=O) groups is 1. The zero-order valence-corrected chi connectivity index (χ0v) is 15.6. The van der Waals surface area contributed by atoms with E-state index in [2.05, 4.69) is 10.4 Å². The van der Waals surface area contributed by atoms with Gasteiger partial charge in [0, 0.05) is 29.7 Å². The number of hydrogen-bond acceptors (Lipinski definition) is 4. The fourth-order valence-electron chi connectivity index (χ4n) is 2.76. The van der Waals surface area contributed by atoms with Gasteiger partial charge in [-0.1, -0.05) is 6.07 Å². The molecule has 1 amide bonds. The van der Waals surface area contributed by atoms with Gasteiger partial charge in [-0.2, -0.15) is 5.10 Å². The van der Waals surface area contributed by atoms with Crippen molar-refractivity contribution >= 4 is 11.6 Å². The average Bonchev–Trinajstić information content (AvgIpc) is 3.41. The van der Waals surface area contributed by atoms with Crippen LogP contribution in [-0.2, 0) is 6.54 Å². The van der Waals surface area contributed by atoms with Crippen LogP contribution in [0, 0.1) is 5.92 Å². The molecule has 2 aromatic carbocycles. The minimum Gasteiger partial charge on any atom is -0.493 e. The minimum atomic E-state index is -0.164. The Balaban J connectivity index is 1.29. The summed E-state index contributed by atoms with van der Waals surface area (Å²) in [6.07, 6.45) is 6.14. The lowest BCUT2D eigenvalue weighted by Gasteiger charge is -2.10. The maximum atomic E-state index is 12.5. The lowest BCUT2D eigenvalue weighted by molar-refractivity contribution is 0.102. The van der Waals surface area contributed by atoms with Crippen molar-refractivity contribution in [2.45, 2.75) is 19.4 Å². The molecule has 3 aromatic rings. The first-order valence-corrected chi connectivity index (χ1v) is 9.51. The quantitative estimate of drug-likeness (QED) is 0.612. The van der Waals surface area contributed by atoms with Crippen LogP contribution in [0.3, 0.4) is 0 Å². The van der Waals surface area contributed by atoms with E-state index in [0.29, 0.717) is 36.1 Å². The Labute approximate surface area is 164 Å². The Morgan fingerprint density at radius 2 is 1.93 bits per heavy atom. The standard InChI is InChI=1S/C22H23N3O3/c26-22(18-7-9-20(10-8-18)28-16-17-5-6-17)24-19-3-1-4-21(15-19)27-14-13-25-12-2-11-23-25/h1-4,7-12,15,17H,5-6,13-14,16H2,(H,24,26). The van der Waals surface area contributed by atoms with Gasteiger partial charge in [0.05, 0.1) is 13.2 Å². The zero-order valence-electron chi connectivity index (χ0n) is 15.6. The van der Waals surface area contributed by atoms with Gasteiger partial charge in [-0.25, -0.2) is 0 Å². The summed E-state index contributed by atoms with van der Waals surface area (Å²) in [5.74, 6) is 2.05. The first-order chi connectivity index (χ1) is 13.8. The summed E-state index contributed by atoms with van der Waals surface area (Å²) in [6.45, 7) is 1.93. The van der Waals surface area contributed by atoms with E-state index in [4.69, 9.17) is 9.47 Å². The molecule has 0 saturated heterocycles. The van der Waals surface area contributed by atoms with Crippen molar-refractivity contribution < 1.29 is 14.3 Å². The third kappa shape index (κ3) is 5.13. The summed E-state index contributed by atoms with van der Waals surface area (Å²) in [5.41, 5.74) is 1.28. The first kappa shape index (κ1) is 18.1.